The molecule has 1 atom stereocenters. The van der Waals surface area contributed by atoms with Crippen molar-refractivity contribution in [3.05, 3.63) is 42.1 Å². The number of hydrogen-bond acceptors (Lipinski definition) is 4. The van der Waals surface area contributed by atoms with Crippen molar-refractivity contribution in [3.8, 4) is 0 Å². The van der Waals surface area contributed by atoms with E-state index in [2.05, 4.69) is 10.4 Å². The minimum absolute atomic E-state index is 0.179. The smallest absolute Gasteiger partial charge is 0.256 e. The number of amides is 1. The zero-order valence-electron chi connectivity index (χ0n) is 12.8. The molecule has 0 aliphatic rings. The summed E-state index contributed by atoms with van der Waals surface area (Å²) in [6.45, 7) is 4.06. The van der Waals surface area contributed by atoms with Gasteiger partial charge in [-0.1, -0.05) is 6.92 Å². The van der Waals surface area contributed by atoms with Crippen LogP contribution in [0.25, 0.3) is 0 Å². The Morgan fingerprint density at radius 2 is 1.91 bits per heavy atom. The highest BCUT2D eigenvalue weighted by Crippen LogP contribution is 2.18. The molecule has 0 bridgehead atoms. The lowest BCUT2D eigenvalue weighted by Crippen LogP contribution is -2.17. The predicted octanol–water partition coefficient (Wildman–Crippen LogP) is 2.51. The molecule has 2 aromatic rings. The Labute approximate surface area is 130 Å². The van der Waals surface area contributed by atoms with E-state index in [1.165, 1.54) is 24.3 Å². The van der Waals surface area contributed by atoms with Crippen LogP contribution in [0, 0.1) is 0 Å². The van der Waals surface area contributed by atoms with Gasteiger partial charge in [0.1, 0.15) is 5.82 Å². The quantitative estimate of drug-likeness (QED) is 0.917. The van der Waals surface area contributed by atoms with E-state index < -0.39 is 9.84 Å². The van der Waals surface area contributed by atoms with Gasteiger partial charge >= 0.3 is 0 Å². The number of nitrogens with one attached hydrogen (secondary N) is 1. The molecule has 0 spiro atoms. The maximum Gasteiger partial charge on any atom is 0.256 e. The molecule has 22 heavy (non-hydrogen) atoms. The van der Waals surface area contributed by atoms with Crippen LogP contribution in [0.15, 0.2) is 41.4 Å². The van der Waals surface area contributed by atoms with Gasteiger partial charge in [-0.3, -0.25) is 4.79 Å². The molecule has 0 saturated carbocycles. The second-order valence-electron chi connectivity index (χ2n) is 5.17. The molecule has 0 aliphatic carbocycles. The summed E-state index contributed by atoms with van der Waals surface area (Å²) in [6, 6.07) is 7.75. The standard InChI is InChI=1S/C15H19N3O3S/c1-4-11(2)18-14(9-10-16-18)17-15(19)12-5-7-13(8-6-12)22(3,20)21/h5-11H,4H2,1-3H3,(H,17,19). The third kappa shape index (κ3) is 3.54. The van der Waals surface area contributed by atoms with Crippen LogP contribution in [0.2, 0.25) is 0 Å². The fourth-order valence-electron chi connectivity index (χ4n) is 1.98. The van der Waals surface area contributed by atoms with Crippen molar-refractivity contribution < 1.29 is 13.2 Å². The van der Waals surface area contributed by atoms with E-state index in [9.17, 15) is 13.2 Å². The highest BCUT2D eigenvalue weighted by atomic mass is 32.2. The Bertz CT molecular complexity index is 764. The monoisotopic (exact) mass is 321 g/mol. The van der Waals surface area contributed by atoms with E-state index >= 15 is 0 Å². The molecule has 1 aromatic heterocycles. The van der Waals surface area contributed by atoms with Crippen molar-refractivity contribution in [2.45, 2.75) is 31.2 Å². The lowest BCUT2D eigenvalue weighted by atomic mass is 10.2. The molecule has 1 N–H and O–H groups in total. The first-order valence-corrected chi connectivity index (χ1v) is 8.87. The van der Waals surface area contributed by atoms with Gasteiger partial charge in [0.25, 0.3) is 5.91 Å². The first-order valence-electron chi connectivity index (χ1n) is 6.98. The van der Waals surface area contributed by atoms with E-state index in [0.29, 0.717) is 11.4 Å². The molecule has 0 fully saturated rings. The number of sulfone groups is 1. The Morgan fingerprint density at radius 3 is 2.45 bits per heavy atom. The molecule has 2 rings (SSSR count). The van der Waals surface area contributed by atoms with Gasteiger partial charge in [-0.2, -0.15) is 5.10 Å². The van der Waals surface area contributed by atoms with Gasteiger partial charge in [-0.05, 0) is 37.6 Å². The number of nitrogens with zero attached hydrogens (tertiary/aromatic N) is 2. The van der Waals surface area contributed by atoms with Crippen LogP contribution < -0.4 is 5.32 Å². The number of carbonyl (C=O) groups is 1. The number of anilines is 1. The first-order chi connectivity index (χ1) is 10.3. The van der Waals surface area contributed by atoms with Gasteiger partial charge in [0.2, 0.25) is 0 Å². The summed E-state index contributed by atoms with van der Waals surface area (Å²) < 4.78 is 24.6. The van der Waals surface area contributed by atoms with Crippen molar-refractivity contribution in [1.29, 1.82) is 0 Å². The van der Waals surface area contributed by atoms with Crippen molar-refractivity contribution >= 4 is 21.6 Å². The Morgan fingerprint density at radius 1 is 1.27 bits per heavy atom. The zero-order valence-corrected chi connectivity index (χ0v) is 13.6. The van der Waals surface area contributed by atoms with E-state index in [4.69, 9.17) is 0 Å². The number of carbonyl (C=O) groups excluding carboxylic acids is 1. The van der Waals surface area contributed by atoms with E-state index in [1.54, 1.807) is 16.9 Å². The molecule has 118 valence electrons. The Hall–Kier alpha value is -2.15. The molecule has 1 aromatic carbocycles. The third-order valence-electron chi connectivity index (χ3n) is 3.46. The average Bonchev–Trinajstić information content (AvgIpc) is 2.93. The van der Waals surface area contributed by atoms with Gasteiger partial charge in [-0.15, -0.1) is 0 Å². The summed E-state index contributed by atoms with van der Waals surface area (Å²) in [6.07, 6.45) is 3.66. The molecule has 0 aliphatic heterocycles. The summed E-state index contributed by atoms with van der Waals surface area (Å²) in [4.78, 5) is 12.4. The molecule has 0 radical (unpaired) electrons. The van der Waals surface area contributed by atoms with Crippen LogP contribution >= 0.6 is 0 Å². The van der Waals surface area contributed by atoms with Gasteiger partial charge in [0.05, 0.1) is 17.1 Å². The second-order valence-corrected chi connectivity index (χ2v) is 7.18. The van der Waals surface area contributed by atoms with Crippen LogP contribution in [-0.4, -0.2) is 30.4 Å². The number of rotatable bonds is 5. The minimum atomic E-state index is -3.26. The van der Waals surface area contributed by atoms with Gasteiger partial charge in [0.15, 0.2) is 9.84 Å². The number of aromatic nitrogens is 2. The van der Waals surface area contributed by atoms with Crippen molar-refractivity contribution in [1.82, 2.24) is 9.78 Å². The SMILES string of the molecule is CCC(C)n1nccc1NC(=O)c1ccc(S(C)(=O)=O)cc1. The highest BCUT2D eigenvalue weighted by Gasteiger charge is 2.13. The van der Waals surface area contributed by atoms with Crippen LogP contribution in [0.1, 0.15) is 36.7 Å². The second kappa shape index (κ2) is 6.31. The largest absolute Gasteiger partial charge is 0.307 e. The lowest BCUT2D eigenvalue weighted by molar-refractivity contribution is 0.102. The molecule has 6 nitrogen and oxygen atoms in total. The summed E-state index contributed by atoms with van der Waals surface area (Å²) in [7, 11) is -3.26. The van der Waals surface area contributed by atoms with Crippen LogP contribution in [0.5, 0.6) is 0 Å². The predicted molar refractivity (Wildman–Crippen MR) is 84.7 cm³/mol. The first kappa shape index (κ1) is 16.2. The molecular formula is C15H19N3O3S. The fourth-order valence-corrected chi connectivity index (χ4v) is 2.61. The van der Waals surface area contributed by atoms with Gasteiger partial charge in [0, 0.05) is 17.9 Å². The molecule has 7 heteroatoms. The van der Waals surface area contributed by atoms with Gasteiger partial charge < -0.3 is 5.32 Å². The topological polar surface area (TPSA) is 81.1 Å². The van der Waals surface area contributed by atoms with Crippen molar-refractivity contribution in [3.63, 3.8) is 0 Å². The zero-order chi connectivity index (χ0) is 16.3. The minimum Gasteiger partial charge on any atom is -0.307 e. The van der Waals surface area contributed by atoms with Crippen molar-refractivity contribution in [2.24, 2.45) is 0 Å². The highest BCUT2D eigenvalue weighted by molar-refractivity contribution is 7.90. The number of benzene rings is 1. The summed E-state index contributed by atoms with van der Waals surface area (Å²) in [5, 5.41) is 7.00. The van der Waals surface area contributed by atoms with Crippen LogP contribution in [0.4, 0.5) is 5.82 Å². The normalized spacial score (nSPS) is 12.9. The fraction of sp³-hybridized carbons (Fsp3) is 0.333. The van der Waals surface area contributed by atoms with Crippen molar-refractivity contribution in [2.75, 3.05) is 11.6 Å². The van der Waals surface area contributed by atoms with E-state index in [0.717, 1.165) is 12.7 Å². The Balaban J connectivity index is 2.18. The summed E-state index contributed by atoms with van der Waals surface area (Å²) >= 11 is 0. The molecule has 1 unspecified atom stereocenters. The third-order valence-corrected chi connectivity index (χ3v) is 4.59. The maximum absolute atomic E-state index is 12.2. The lowest BCUT2D eigenvalue weighted by Gasteiger charge is -2.14. The molecule has 0 saturated heterocycles. The summed E-state index contributed by atoms with van der Waals surface area (Å²) in [5.74, 6) is 0.316. The van der Waals surface area contributed by atoms with E-state index in [1.807, 2.05) is 13.8 Å². The van der Waals surface area contributed by atoms with Crippen LogP contribution in [-0.2, 0) is 9.84 Å². The molecule has 1 amide bonds. The number of hydrogen-bond donors (Lipinski definition) is 1. The molecular weight excluding hydrogens is 302 g/mol. The summed E-state index contributed by atoms with van der Waals surface area (Å²) in [5.41, 5.74) is 0.393. The maximum atomic E-state index is 12.2. The van der Waals surface area contributed by atoms with Gasteiger partial charge in [-0.25, -0.2) is 13.1 Å². The average molecular weight is 321 g/mol. The van der Waals surface area contributed by atoms with Crippen LogP contribution in [0.3, 0.4) is 0 Å². The molecule has 1 heterocycles. The Kier molecular flexibility index (Phi) is 4.65. The van der Waals surface area contributed by atoms with E-state index in [-0.39, 0.29) is 16.8 Å².